The third-order valence-corrected chi connectivity index (χ3v) is 13.3. The van der Waals surface area contributed by atoms with Crippen LogP contribution in [0.4, 0.5) is 0 Å². The first-order valence-electron chi connectivity index (χ1n) is 14.5. The molecule has 0 aromatic carbocycles. The normalized spacial score (nSPS) is 40.0. The lowest BCUT2D eigenvalue weighted by atomic mass is 9.46. The van der Waals surface area contributed by atoms with E-state index < -0.39 is 7.60 Å². The second kappa shape index (κ2) is 10.4. The van der Waals surface area contributed by atoms with Crippen LogP contribution in [0.2, 0.25) is 0 Å². The Balaban J connectivity index is 1.48. The van der Waals surface area contributed by atoms with E-state index in [4.69, 9.17) is 9.05 Å². The van der Waals surface area contributed by atoms with Crippen molar-refractivity contribution < 1.29 is 18.4 Å². The van der Waals surface area contributed by atoms with Crippen molar-refractivity contribution in [3.8, 4) is 0 Å². The van der Waals surface area contributed by atoms with E-state index in [0.29, 0.717) is 5.41 Å². The van der Waals surface area contributed by atoms with Gasteiger partial charge in [0.1, 0.15) is 0 Å². The van der Waals surface area contributed by atoms with Crippen LogP contribution in [0.25, 0.3) is 0 Å². The Morgan fingerprint density at radius 3 is 2.40 bits per heavy atom. The molecule has 4 aliphatic carbocycles. The van der Waals surface area contributed by atoms with Crippen LogP contribution in [0, 0.1) is 52.3 Å². The lowest BCUT2D eigenvalue weighted by molar-refractivity contribution is -0.119. The van der Waals surface area contributed by atoms with E-state index >= 15 is 0 Å². The molecule has 35 heavy (non-hydrogen) atoms. The fraction of sp³-hybridized carbons (Fsp3) is 0.900. The van der Waals surface area contributed by atoms with Gasteiger partial charge in [-0.05, 0) is 97.7 Å². The summed E-state index contributed by atoms with van der Waals surface area (Å²) in [4.78, 5) is 13.0. The van der Waals surface area contributed by atoms with Gasteiger partial charge in [0.25, 0.3) is 0 Å². The van der Waals surface area contributed by atoms with Gasteiger partial charge in [-0.15, -0.1) is 0 Å². The first-order chi connectivity index (χ1) is 16.5. The minimum atomic E-state index is -3.66. The summed E-state index contributed by atoms with van der Waals surface area (Å²) in [6, 6.07) is 0. The molecular weight excluding hydrogens is 455 g/mol. The van der Waals surface area contributed by atoms with E-state index in [9.17, 15) is 9.36 Å². The molecule has 200 valence electrons. The van der Waals surface area contributed by atoms with Gasteiger partial charge < -0.3 is 9.05 Å². The molecule has 4 rings (SSSR count). The third-order valence-electron chi connectivity index (χ3n) is 11.4. The predicted molar refractivity (Wildman–Crippen MR) is 143 cm³/mol. The van der Waals surface area contributed by atoms with Crippen molar-refractivity contribution in [1.82, 2.24) is 0 Å². The van der Waals surface area contributed by atoms with Gasteiger partial charge in [-0.1, -0.05) is 65.5 Å². The fourth-order valence-corrected chi connectivity index (χ4v) is 10.6. The van der Waals surface area contributed by atoms with Crippen LogP contribution in [0.1, 0.15) is 105 Å². The van der Waals surface area contributed by atoms with E-state index in [-0.39, 0.29) is 16.9 Å². The average molecular weight is 507 g/mol. The van der Waals surface area contributed by atoms with Crippen LogP contribution in [-0.4, -0.2) is 19.7 Å². The lowest BCUT2D eigenvalue weighted by Gasteiger charge is -2.58. The molecule has 0 spiro atoms. The van der Waals surface area contributed by atoms with Gasteiger partial charge in [-0.2, -0.15) is 0 Å². The second-order valence-electron chi connectivity index (χ2n) is 13.4. The van der Waals surface area contributed by atoms with Gasteiger partial charge >= 0.3 is 7.60 Å². The zero-order valence-electron chi connectivity index (χ0n) is 23.5. The molecule has 4 aliphatic rings. The molecule has 0 bridgehead atoms. The van der Waals surface area contributed by atoms with Crippen LogP contribution in [0.15, 0.2) is 11.6 Å². The highest BCUT2D eigenvalue weighted by molar-refractivity contribution is 7.71. The van der Waals surface area contributed by atoms with Crippen LogP contribution in [0.5, 0.6) is 0 Å². The first-order valence-corrected chi connectivity index (χ1v) is 16.0. The molecule has 0 aliphatic heterocycles. The number of carbonyl (C=O) groups excluding carboxylic acids is 1. The topological polar surface area (TPSA) is 52.6 Å². The van der Waals surface area contributed by atoms with Crippen molar-refractivity contribution in [2.45, 2.75) is 105 Å². The number of fused-ring (bicyclic) bond motifs is 5. The van der Waals surface area contributed by atoms with E-state index in [1.807, 2.05) is 0 Å². The molecule has 3 fully saturated rings. The standard InChI is InChI=1S/C30H51O4P/c1-20(2)9-8-10-21(3)25-13-14-26-24-12-11-23-19-22(28(31)35(32,33-6)34-7)15-17-29(23,4)27(24)16-18-30(25,26)5/h11,20-22,24-27H,8-10,12-19H2,1-7H3/t21-,22+,24+,25-,26+,27+,29+,30-/m1/s1. The Labute approximate surface area is 214 Å². The molecular formula is C30H51O4P. The number of hydrogen-bond acceptors (Lipinski definition) is 4. The molecule has 0 N–H and O–H groups in total. The summed E-state index contributed by atoms with van der Waals surface area (Å²) in [6.07, 6.45) is 15.9. The highest BCUT2D eigenvalue weighted by Crippen LogP contribution is 2.68. The molecule has 3 saturated carbocycles. The Hall–Kier alpha value is -0.440. The third kappa shape index (κ3) is 4.79. The monoisotopic (exact) mass is 506 g/mol. The van der Waals surface area contributed by atoms with Gasteiger partial charge in [0, 0.05) is 20.1 Å². The van der Waals surface area contributed by atoms with Gasteiger partial charge in [0.2, 0.25) is 5.52 Å². The Bertz CT molecular complexity index is 856. The Morgan fingerprint density at radius 2 is 1.74 bits per heavy atom. The average Bonchev–Trinajstić information content (AvgIpc) is 3.19. The predicted octanol–water partition coefficient (Wildman–Crippen LogP) is 8.66. The maximum Gasteiger partial charge on any atom is 0.396 e. The van der Waals surface area contributed by atoms with Crippen molar-refractivity contribution >= 4 is 13.1 Å². The van der Waals surface area contributed by atoms with Crippen molar-refractivity contribution in [2.24, 2.45) is 52.3 Å². The van der Waals surface area contributed by atoms with Gasteiger partial charge in [0.15, 0.2) is 0 Å². The van der Waals surface area contributed by atoms with E-state index in [1.165, 1.54) is 64.7 Å². The smallest absolute Gasteiger partial charge is 0.307 e. The minimum absolute atomic E-state index is 0.187. The largest absolute Gasteiger partial charge is 0.396 e. The summed E-state index contributed by atoms with van der Waals surface area (Å²) in [5, 5.41) is 0. The summed E-state index contributed by atoms with van der Waals surface area (Å²) in [6.45, 7) is 12.4. The zero-order chi connectivity index (χ0) is 25.6. The number of hydrogen-bond donors (Lipinski definition) is 0. The van der Waals surface area contributed by atoms with Crippen LogP contribution >= 0.6 is 7.60 Å². The zero-order valence-corrected chi connectivity index (χ0v) is 24.4. The highest BCUT2D eigenvalue weighted by atomic mass is 31.2. The summed E-state index contributed by atoms with van der Waals surface area (Å²) in [5.41, 5.74) is 1.80. The van der Waals surface area contributed by atoms with Crippen molar-refractivity contribution in [3.05, 3.63) is 11.6 Å². The molecule has 0 saturated heterocycles. The molecule has 0 aromatic heterocycles. The van der Waals surface area contributed by atoms with Gasteiger partial charge in [-0.25, -0.2) is 0 Å². The maximum atomic E-state index is 13.0. The summed E-state index contributed by atoms with van der Waals surface area (Å²) in [5.74, 6) is 4.64. The molecule has 0 heterocycles. The van der Waals surface area contributed by atoms with Crippen LogP contribution in [-0.2, 0) is 18.4 Å². The quantitative estimate of drug-likeness (QED) is 0.232. The van der Waals surface area contributed by atoms with E-state index in [1.54, 1.807) is 0 Å². The summed E-state index contributed by atoms with van der Waals surface area (Å²) < 4.78 is 22.8. The molecule has 0 aromatic rings. The number of rotatable bonds is 9. The van der Waals surface area contributed by atoms with E-state index in [2.05, 4.69) is 40.7 Å². The van der Waals surface area contributed by atoms with Crippen LogP contribution in [0.3, 0.4) is 0 Å². The fourth-order valence-electron chi connectivity index (χ4n) is 9.37. The van der Waals surface area contributed by atoms with Crippen molar-refractivity contribution in [3.63, 3.8) is 0 Å². The highest BCUT2D eigenvalue weighted by Gasteiger charge is 2.59. The number of allylic oxidation sites excluding steroid dienone is 2. The summed E-state index contributed by atoms with van der Waals surface area (Å²) >= 11 is 0. The summed E-state index contributed by atoms with van der Waals surface area (Å²) in [7, 11) is -1.02. The minimum Gasteiger partial charge on any atom is -0.307 e. The van der Waals surface area contributed by atoms with Gasteiger partial charge in [0.05, 0.1) is 0 Å². The Morgan fingerprint density at radius 1 is 1.03 bits per heavy atom. The molecule has 8 atom stereocenters. The first kappa shape index (κ1) is 27.6. The van der Waals surface area contributed by atoms with Crippen LogP contribution < -0.4 is 0 Å². The molecule has 5 heteroatoms. The lowest BCUT2D eigenvalue weighted by Crippen LogP contribution is -2.50. The van der Waals surface area contributed by atoms with Crippen molar-refractivity contribution in [1.29, 1.82) is 0 Å². The van der Waals surface area contributed by atoms with Crippen molar-refractivity contribution in [2.75, 3.05) is 14.2 Å². The second-order valence-corrected chi connectivity index (χ2v) is 15.6. The Kier molecular flexibility index (Phi) is 8.18. The van der Waals surface area contributed by atoms with Gasteiger partial charge in [-0.3, -0.25) is 9.36 Å². The number of carbonyl (C=O) groups is 1. The molecule has 0 amide bonds. The molecule has 0 unspecified atom stereocenters. The van der Waals surface area contributed by atoms with E-state index in [0.717, 1.165) is 61.2 Å². The molecule has 0 radical (unpaired) electrons. The molecule has 4 nitrogen and oxygen atoms in total. The SMILES string of the molecule is COP(=O)(OC)C(=O)[C@H]1CC[C@@]2(C)C(=CC[C@H]3[C@@H]4CC[C@H]([C@H](C)CCCC(C)C)[C@@]4(C)CC[C@@H]32)C1. The maximum absolute atomic E-state index is 13.0.